The van der Waals surface area contributed by atoms with Crippen LogP contribution in [-0.4, -0.2) is 24.9 Å². The zero-order chi connectivity index (χ0) is 15.4. The maximum absolute atomic E-state index is 5.25. The predicted octanol–water partition coefficient (Wildman–Crippen LogP) is 3.65. The second-order valence-electron chi connectivity index (χ2n) is 4.67. The van der Waals surface area contributed by atoms with Gasteiger partial charge in [-0.15, -0.1) is 21.5 Å². The van der Waals surface area contributed by atoms with Crippen molar-refractivity contribution in [1.82, 2.24) is 24.9 Å². The van der Waals surface area contributed by atoms with Gasteiger partial charge in [0.15, 0.2) is 16.8 Å². The molecule has 8 heteroatoms. The molecule has 3 aromatic heterocycles. The summed E-state index contributed by atoms with van der Waals surface area (Å²) in [5.74, 6) is 2.93. The number of aryl methyl sites for hydroxylation is 1. The SMILES string of the molecule is CCCc1noc(CSc2nnc(-c3cccs3)n2CC)n1. The lowest BCUT2D eigenvalue weighted by molar-refractivity contribution is 0.384. The Balaban J connectivity index is 1.72. The number of hydrogen-bond donors (Lipinski definition) is 0. The first-order chi connectivity index (χ1) is 10.8. The van der Waals surface area contributed by atoms with E-state index < -0.39 is 0 Å². The molecule has 0 amide bonds. The van der Waals surface area contributed by atoms with E-state index in [1.54, 1.807) is 23.1 Å². The zero-order valence-corrected chi connectivity index (χ0v) is 14.2. The molecule has 0 saturated carbocycles. The number of thioether (sulfide) groups is 1. The molecule has 116 valence electrons. The summed E-state index contributed by atoms with van der Waals surface area (Å²) in [5, 5.41) is 15.5. The van der Waals surface area contributed by atoms with E-state index in [0.29, 0.717) is 11.6 Å². The molecule has 0 bridgehead atoms. The molecule has 0 aliphatic carbocycles. The Kier molecular flexibility index (Phi) is 4.89. The molecule has 0 aromatic carbocycles. The smallest absolute Gasteiger partial charge is 0.237 e. The normalized spacial score (nSPS) is 11.2. The Morgan fingerprint density at radius 2 is 2.23 bits per heavy atom. The molecule has 0 unspecified atom stereocenters. The predicted molar refractivity (Wildman–Crippen MR) is 86.9 cm³/mol. The highest BCUT2D eigenvalue weighted by molar-refractivity contribution is 7.98. The van der Waals surface area contributed by atoms with Gasteiger partial charge in [0.25, 0.3) is 0 Å². The Bertz CT molecular complexity index is 720. The van der Waals surface area contributed by atoms with E-state index in [4.69, 9.17) is 4.52 Å². The van der Waals surface area contributed by atoms with Gasteiger partial charge in [0, 0.05) is 13.0 Å². The van der Waals surface area contributed by atoms with Crippen LogP contribution in [-0.2, 0) is 18.7 Å². The Hall–Kier alpha value is -1.67. The monoisotopic (exact) mass is 335 g/mol. The quantitative estimate of drug-likeness (QED) is 0.614. The van der Waals surface area contributed by atoms with E-state index in [1.807, 2.05) is 11.4 Å². The van der Waals surface area contributed by atoms with Crippen LogP contribution in [0.4, 0.5) is 0 Å². The minimum atomic E-state index is 0.610. The molecule has 0 aliphatic rings. The highest BCUT2D eigenvalue weighted by Gasteiger charge is 2.15. The van der Waals surface area contributed by atoms with Crippen molar-refractivity contribution >= 4 is 23.1 Å². The van der Waals surface area contributed by atoms with Crippen molar-refractivity contribution in [3.63, 3.8) is 0 Å². The Morgan fingerprint density at radius 3 is 2.95 bits per heavy atom. The van der Waals surface area contributed by atoms with E-state index in [-0.39, 0.29) is 0 Å². The second kappa shape index (κ2) is 7.06. The molecule has 0 atom stereocenters. The number of rotatable bonds is 7. The molecule has 22 heavy (non-hydrogen) atoms. The summed E-state index contributed by atoms with van der Waals surface area (Å²) in [7, 11) is 0. The van der Waals surface area contributed by atoms with Gasteiger partial charge in [-0.05, 0) is 24.8 Å². The van der Waals surface area contributed by atoms with Crippen LogP contribution < -0.4 is 0 Å². The molecule has 6 nitrogen and oxygen atoms in total. The van der Waals surface area contributed by atoms with E-state index in [9.17, 15) is 0 Å². The van der Waals surface area contributed by atoms with E-state index in [1.165, 1.54) is 0 Å². The third-order valence-corrected chi connectivity index (χ3v) is 4.90. The van der Waals surface area contributed by atoms with Gasteiger partial charge < -0.3 is 9.09 Å². The van der Waals surface area contributed by atoms with Crippen LogP contribution in [0.3, 0.4) is 0 Å². The highest BCUT2D eigenvalue weighted by Crippen LogP contribution is 2.28. The van der Waals surface area contributed by atoms with Gasteiger partial charge in [-0.25, -0.2) is 0 Å². The lowest BCUT2D eigenvalue weighted by Gasteiger charge is -2.04. The summed E-state index contributed by atoms with van der Waals surface area (Å²) in [6, 6.07) is 4.08. The van der Waals surface area contributed by atoms with Gasteiger partial charge in [-0.2, -0.15) is 4.98 Å². The van der Waals surface area contributed by atoms with Gasteiger partial charge in [0.1, 0.15) is 0 Å². The summed E-state index contributed by atoms with van der Waals surface area (Å²) < 4.78 is 7.37. The summed E-state index contributed by atoms with van der Waals surface area (Å²) in [5.41, 5.74) is 0. The van der Waals surface area contributed by atoms with Crippen molar-refractivity contribution in [1.29, 1.82) is 0 Å². The van der Waals surface area contributed by atoms with Crippen LogP contribution in [0.15, 0.2) is 27.2 Å². The molecule has 0 saturated heterocycles. The molecule has 0 fully saturated rings. The number of nitrogens with zero attached hydrogens (tertiary/aromatic N) is 5. The molecule has 3 aromatic rings. The van der Waals surface area contributed by atoms with Gasteiger partial charge in [0.2, 0.25) is 5.89 Å². The van der Waals surface area contributed by atoms with Crippen molar-refractivity contribution in [2.24, 2.45) is 0 Å². The number of hydrogen-bond acceptors (Lipinski definition) is 7. The summed E-state index contributed by atoms with van der Waals surface area (Å²) in [6.45, 7) is 5.02. The Labute approximate surface area is 137 Å². The van der Waals surface area contributed by atoms with Crippen LogP contribution in [0.1, 0.15) is 32.0 Å². The molecule has 0 spiro atoms. The first-order valence-corrected chi connectivity index (χ1v) is 9.09. The first-order valence-electron chi connectivity index (χ1n) is 7.23. The average Bonchev–Trinajstić information content (AvgIpc) is 3.25. The van der Waals surface area contributed by atoms with Crippen molar-refractivity contribution < 1.29 is 4.52 Å². The van der Waals surface area contributed by atoms with Crippen LogP contribution in [0, 0.1) is 0 Å². The fourth-order valence-corrected chi connectivity index (χ4v) is 3.63. The lowest BCUT2D eigenvalue weighted by Crippen LogP contribution is -1.99. The summed E-state index contributed by atoms with van der Waals surface area (Å²) in [6.07, 6.45) is 1.86. The zero-order valence-electron chi connectivity index (χ0n) is 12.5. The van der Waals surface area contributed by atoms with Gasteiger partial charge in [0.05, 0.1) is 10.6 Å². The molecule has 0 N–H and O–H groups in total. The Morgan fingerprint density at radius 1 is 1.32 bits per heavy atom. The highest BCUT2D eigenvalue weighted by atomic mass is 32.2. The lowest BCUT2D eigenvalue weighted by atomic mass is 10.3. The van der Waals surface area contributed by atoms with Crippen molar-refractivity contribution in [3.05, 3.63) is 29.2 Å². The largest absolute Gasteiger partial charge is 0.338 e. The molecular weight excluding hydrogens is 318 g/mol. The van der Waals surface area contributed by atoms with E-state index in [0.717, 1.165) is 41.1 Å². The number of thiophene rings is 1. The summed E-state index contributed by atoms with van der Waals surface area (Å²) in [4.78, 5) is 5.50. The third-order valence-electron chi connectivity index (χ3n) is 3.08. The van der Waals surface area contributed by atoms with Crippen LogP contribution in [0.25, 0.3) is 10.7 Å². The fourth-order valence-electron chi connectivity index (χ4n) is 2.07. The van der Waals surface area contributed by atoms with Gasteiger partial charge in [-0.1, -0.05) is 29.9 Å². The van der Waals surface area contributed by atoms with Crippen molar-refractivity contribution in [2.75, 3.05) is 0 Å². The minimum absolute atomic E-state index is 0.610. The van der Waals surface area contributed by atoms with E-state index in [2.05, 4.69) is 44.8 Å². The fraction of sp³-hybridized carbons (Fsp3) is 0.429. The van der Waals surface area contributed by atoms with Gasteiger partial charge >= 0.3 is 0 Å². The topological polar surface area (TPSA) is 69.6 Å². The minimum Gasteiger partial charge on any atom is -0.338 e. The maximum atomic E-state index is 5.25. The number of aromatic nitrogens is 5. The molecule has 0 radical (unpaired) electrons. The molecule has 0 aliphatic heterocycles. The molecule has 3 rings (SSSR count). The summed E-state index contributed by atoms with van der Waals surface area (Å²) >= 11 is 3.24. The van der Waals surface area contributed by atoms with Crippen molar-refractivity contribution in [2.45, 2.75) is 44.1 Å². The van der Waals surface area contributed by atoms with Gasteiger partial charge in [-0.3, -0.25) is 0 Å². The van der Waals surface area contributed by atoms with Crippen molar-refractivity contribution in [3.8, 4) is 10.7 Å². The first kappa shape index (κ1) is 15.2. The molecular formula is C14H17N5OS2. The standard InChI is InChI=1S/C14H17N5OS2/c1-3-6-11-15-12(20-18-11)9-22-14-17-16-13(19(14)4-2)10-7-5-8-21-10/h5,7-8H,3-4,6,9H2,1-2H3. The average molecular weight is 335 g/mol. The van der Waals surface area contributed by atoms with E-state index >= 15 is 0 Å². The van der Waals surface area contributed by atoms with Crippen LogP contribution in [0.2, 0.25) is 0 Å². The van der Waals surface area contributed by atoms with Crippen LogP contribution >= 0.6 is 23.1 Å². The second-order valence-corrected chi connectivity index (χ2v) is 6.56. The third kappa shape index (κ3) is 3.22. The maximum Gasteiger partial charge on any atom is 0.237 e. The molecule has 3 heterocycles. The van der Waals surface area contributed by atoms with Crippen LogP contribution in [0.5, 0.6) is 0 Å².